The first-order valence-corrected chi connectivity index (χ1v) is 8.83. The Morgan fingerprint density at radius 1 is 1.43 bits per heavy atom. The molecule has 3 rings (SSSR count). The number of nitrogens with one attached hydrogen (secondary N) is 1. The van der Waals surface area contributed by atoms with E-state index in [1.54, 1.807) is 28.7 Å². The number of hydrogen-bond donors (Lipinski definition) is 2. The van der Waals surface area contributed by atoms with E-state index in [1.165, 1.54) is 0 Å². The second-order valence-electron chi connectivity index (χ2n) is 5.76. The molecule has 5 nitrogen and oxygen atoms in total. The van der Waals surface area contributed by atoms with Crippen LogP contribution in [0.1, 0.15) is 26.2 Å². The van der Waals surface area contributed by atoms with Crippen LogP contribution in [0.3, 0.4) is 0 Å². The van der Waals surface area contributed by atoms with Crippen LogP contribution in [0.5, 0.6) is 0 Å². The molecular formula is C15H21N3O2S. The molecule has 114 valence electrons. The van der Waals surface area contributed by atoms with E-state index in [0.29, 0.717) is 35.0 Å². The van der Waals surface area contributed by atoms with Crippen LogP contribution < -0.4 is 5.73 Å². The van der Waals surface area contributed by atoms with Crippen molar-refractivity contribution >= 4 is 26.6 Å². The Morgan fingerprint density at radius 2 is 2.24 bits per heavy atom. The van der Waals surface area contributed by atoms with Crippen molar-refractivity contribution < 1.29 is 8.42 Å². The largest absolute Gasteiger partial charge is 0.399 e. The molecule has 0 aliphatic carbocycles. The number of H-pyrrole nitrogens is 1. The van der Waals surface area contributed by atoms with Gasteiger partial charge < -0.3 is 10.7 Å². The minimum atomic E-state index is -3.42. The number of sulfonamides is 1. The SMILES string of the molecule is CCCC1CCN(S(=O)(=O)c2c[nH]c3cc(N)ccc23)C1. The van der Waals surface area contributed by atoms with Crippen molar-refractivity contribution in [3.05, 3.63) is 24.4 Å². The van der Waals surface area contributed by atoms with Crippen LogP contribution in [-0.2, 0) is 10.0 Å². The van der Waals surface area contributed by atoms with Gasteiger partial charge in [-0.15, -0.1) is 0 Å². The molecule has 1 aliphatic rings. The maximum Gasteiger partial charge on any atom is 0.245 e. The highest BCUT2D eigenvalue weighted by Crippen LogP contribution is 2.31. The lowest BCUT2D eigenvalue weighted by Crippen LogP contribution is -2.28. The lowest BCUT2D eigenvalue weighted by molar-refractivity contribution is 0.445. The molecule has 2 heterocycles. The summed E-state index contributed by atoms with van der Waals surface area (Å²) in [4.78, 5) is 3.37. The van der Waals surface area contributed by atoms with Crippen LogP contribution >= 0.6 is 0 Å². The Labute approximate surface area is 125 Å². The summed E-state index contributed by atoms with van der Waals surface area (Å²) in [6.07, 6.45) is 4.73. The van der Waals surface area contributed by atoms with Crippen LogP contribution in [0, 0.1) is 5.92 Å². The molecule has 1 saturated heterocycles. The molecule has 0 radical (unpaired) electrons. The Bertz CT molecular complexity index is 751. The van der Waals surface area contributed by atoms with Crippen LogP contribution in [0.15, 0.2) is 29.3 Å². The monoisotopic (exact) mass is 307 g/mol. The lowest BCUT2D eigenvalue weighted by Gasteiger charge is -2.16. The summed E-state index contributed by atoms with van der Waals surface area (Å²) in [6, 6.07) is 5.27. The number of anilines is 1. The van der Waals surface area contributed by atoms with Gasteiger partial charge in [-0.1, -0.05) is 13.3 Å². The number of hydrogen-bond acceptors (Lipinski definition) is 3. The van der Waals surface area contributed by atoms with E-state index in [9.17, 15) is 8.42 Å². The van der Waals surface area contributed by atoms with E-state index < -0.39 is 10.0 Å². The Balaban J connectivity index is 1.94. The van der Waals surface area contributed by atoms with Gasteiger partial charge in [0.25, 0.3) is 0 Å². The van der Waals surface area contributed by atoms with E-state index in [-0.39, 0.29) is 0 Å². The zero-order valence-corrected chi connectivity index (χ0v) is 13.0. The Hall–Kier alpha value is -1.53. The smallest absolute Gasteiger partial charge is 0.245 e. The molecule has 1 aromatic carbocycles. The third-order valence-electron chi connectivity index (χ3n) is 4.23. The second-order valence-corrected chi connectivity index (χ2v) is 7.67. The van der Waals surface area contributed by atoms with Gasteiger partial charge in [-0.05, 0) is 37.0 Å². The zero-order chi connectivity index (χ0) is 15.0. The third kappa shape index (κ3) is 2.53. The van der Waals surface area contributed by atoms with Crippen molar-refractivity contribution in [1.82, 2.24) is 9.29 Å². The van der Waals surface area contributed by atoms with Gasteiger partial charge in [-0.2, -0.15) is 4.31 Å². The topological polar surface area (TPSA) is 79.2 Å². The molecule has 1 unspecified atom stereocenters. The van der Waals surface area contributed by atoms with Crippen molar-refractivity contribution in [1.29, 1.82) is 0 Å². The molecule has 6 heteroatoms. The van der Waals surface area contributed by atoms with Gasteiger partial charge in [-0.3, -0.25) is 0 Å². The number of fused-ring (bicyclic) bond motifs is 1. The average Bonchev–Trinajstić information content (AvgIpc) is 3.05. The van der Waals surface area contributed by atoms with Crippen LogP contribution in [-0.4, -0.2) is 30.8 Å². The van der Waals surface area contributed by atoms with Crippen molar-refractivity contribution in [2.45, 2.75) is 31.1 Å². The summed E-state index contributed by atoms with van der Waals surface area (Å²) in [5.74, 6) is 0.491. The van der Waals surface area contributed by atoms with Crippen LogP contribution in [0.4, 0.5) is 5.69 Å². The van der Waals surface area contributed by atoms with Gasteiger partial charge in [0.1, 0.15) is 4.90 Å². The molecule has 0 amide bonds. The molecule has 2 aromatic rings. The van der Waals surface area contributed by atoms with Gasteiger partial charge in [-0.25, -0.2) is 8.42 Å². The average molecular weight is 307 g/mol. The standard InChI is InChI=1S/C15H21N3O2S/c1-2-3-11-6-7-18(10-11)21(19,20)15-9-17-14-8-12(16)4-5-13(14)15/h4-5,8-9,11,17H,2-3,6-7,10,16H2,1H3. The molecule has 1 atom stereocenters. The fraction of sp³-hybridized carbons (Fsp3) is 0.467. The predicted molar refractivity (Wildman–Crippen MR) is 84.5 cm³/mol. The first-order chi connectivity index (χ1) is 10.0. The lowest BCUT2D eigenvalue weighted by atomic mass is 10.0. The van der Waals surface area contributed by atoms with Crippen LogP contribution in [0.2, 0.25) is 0 Å². The summed E-state index contributed by atoms with van der Waals surface area (Å²) in [7, 11) is -3.42. The van der Waals surface area contributed by atoms with Gasteiger partial charge in [0, 0.05) is 35.9 Å². The van der Waals surface area contributed by atoms with Crippen LogP contribution in [0.25, 0.3) is 10.9 Å². The summed E-state index contributed by atoms with van der Waals surface area (Å²) in [5, 5.41) is 0.711. The number of aromatic nitrogens is 1. The third-order valence-corrected chi connectivity index (χ3v) is 6.14. The highest BCUT2D eigenvalue weighted by Gasteiger charge is 2.33. The minimum absolute atomic E-state index is 0.356. The first-order valence-electron chi connectivity index (χ1n) is 7.39. The number of rotatable bonds is 4. The fourth-order valence-corrected chi connectivity index (χ4v) is 4.82. The van der Waals surface area contributed by atoms with E-state index in [2.05, 4.69) is 11.9 Å². The molecule has 1 fully saturated rings. The van der Waals surface area contributed by atoms with Crippen molar-refractivity contribution in [2.24, 2.45) is 5.92 Å². The number of nitrogens with zero attached hydrogens (tertiary/aromatic N) is 1. The van der Waals surface area contributed by atoms with E-state index in [4.69, 9.17) is 5.73 Å². The predicted octanol–water partition coefficient (Wildman–Crippen LogP) is 2.56. The maximum atomic E-state index is 12.8. The molecule has 1 aliphatic heterocycles. The van der Waals surface area contributed by atoms with Crippen molar-refractivity contribution in [3.8, 4) is 0 Å². The molecule has 21 heavy (non-hydrogen) atoms. The zero-order valence-electron chi connectivity index (χ0n) is 12.2. The quantitative estimate of drug-likeness (QED) is 0.852. The normalized spacial score (nSPS) is 20.3. The highest BCUT2D eigenvalue weighted by molar-refractivity contribution is 7.89. The second kappa shape index (κ2) is 5.35. The molecule has 1 aromatic heterocycles. The fourth-order valence-electron chi connectivity index (χ4n) is 3.13. The molecule has 0 bridgehead atoms. The summed E-state index contributed by atoms with van der Waals surface area (Å²) < 4.78 is 27.3. The van der Waals surface area contributed by atoms with E-state index in [1.807, 2.05) is 0 Å². The Kier molecular flexibility index (Phi) is 3.67. The summed E-state index contributed by atoms with van der Waals surface area (Å²) >= 11 is 0. The van der Waals surface area contributed by atoms with Crippen molar-refractivity contribution in [2.75, 3.05) is 18.8 Å². The number of nitrogens with two attached hydrogens (primary N) is 1. The molecule has 3 N–H and O–H groups in total. The van der Waals surface area contributed by atoms with E-state index in [0.717, 1.165) is 24.8 Å². The summed E-state index contributed by atoms with van der Waals surface area (Å²) in [5.41, 5.74) is 7.12. The van der Waals surface area contributed by atoms with Gasteiger partial charge >= 0.3 is 0 Å². The van der Waals surface area contributed by atoms with Gasteiger partial charge in [0.15, 0.2) is 0 Å². The number of nitrogen functional groups attached to an aromatic ring is 1. The van der Waals surface area contributed by atoms with Crippen molar-refractivity contribution in [3.63, 3.8) is 0 Å². The minimum Gasteiger partial charge on any atom is -0.399 e. The number of benzene rings is 1. The van der Waals surface area contributed by atoms with E-state index >= 15 is 0 Å². The van der Waals surface area contributed by atoms with Gasteiger partial charge in [0.2, 0.25) is 10.0 Å². The number of aromatic amines is 1. The maximum absolute atomic E-state index is 12.8. The molecule has 0 spiro atoms. The first kappa shape index (κ1) is 14.4. The summed E-state index contributed by atoms with van der Waals surface area (Å²) in [6.45, 7) is 3.40. The Morgan fingerprint density at radius 3 is 3.00 bits per heavy atom. The molecule has 0 saturated carbocycles. The molecular weight excluding hydrogens is 286 g/mol. The van der Waals surface area contributed by atoms with Gasteiger partial charge in [0.05, 0.1) is 0 Å². The highest BCUT2D eigenvalue weighted by atomic mass is 32.2.